The van der Waals surface area contributed by atoms with Gasteiger partial charge in [0, 0.05) is 6.42 Å². The molecule has 1 N–H and O–H groups in total. The van der Waals surface area contributed by atoms with Crippen LogP contribution in [0.1, 0.15) is 107 Å². The van der Waals surface area contributed by atoms with E-state index < -0.39 is 5.97 Å². The van der Waals surface area contributed by atoms with Crippen LogP contribution in [0.25, 0.3) is 0 Å². The summed E-state index contributed by atoms with van der Waals surface area (Å²) >= 11 is 0. The van der Waals surface area contributed by atoms with Crippen LogP contribution >= 0.6 is 0 Å². The van der Waals surface area contributed by atoms with Crippen LogP contribution in [0.3, 0.4) is 0 Å². The molecule has 0 heterocycles. The van der Waals surface area contributed by atoms with E-state index in [1.54, 1.807) is 0 Å². The van der Waals surface area contributed by atoms with Crippen LogP contribution in [0, 0.1) is 0 Å². The summed E-state index contributed by atoms with van der Waals surface area (Å²) in [5, 5.41) is 9.68. The molecular formula is C26H40O5. The van der Waals surface area contributed by atoms with Crippen molar-refractivity contribution in [3.8, 4) is 11.5 Å². The Balaban J connectivity index is 2.04. The summed E-state index contributed by atoms with van der Waals surface area (Å²) in [7, 11) is 1.23. The molecule has 0 saturated heterocycles. The van der Waals surface area contributed by atoms with E-state index in [0.29, 0.717) is 6.42 Å². The molecule has 0 aliphatic heterocycles. The number of ether oxygens (including phenoxy) is 2. The van der Waals surface area contributed by atoms with Crippen molar-refractivity contribution in [1.29, 1.82) is 0 Å². The van der Waals surface area contributed by atoms with Gasteiger partial charge in [0.05, 0.1) is 7.11 Å². The number of unbranched alkanes of at least 4 members (excludes halogenated alkanes) is 11. The third-order valence-electron chi connectivity index (χ3n) is 5.25. The van der Waals surface area contributed by atoms with E-state index in [0.717, 1.165) is 25.7 Å². The van der Waals surface area contributed by atoms with Crippen molar-refractivity contribution in [3.05, 3.63) is 35.9 Å². The predicted octanol–water partition coefficient (Wildman–Crippen LogP) is 7.12. The van der Waals surface area contributed by atoms with Crippen molar-refractivity contribution in [3.63, 3.8) is 0 Å². The molecule has 1 aromatic rings. The van der Waals surface area contributed by atoms with Gasteiger partial charge in [-0.05, 0) is 50.3 Å². The molecule has 0 fully saturated rings. The lowest BCUT2D eigenvalue weighted by molar-refractivity contribution is -0.134. The van der Waals surface area contributed by atoms with Gasteiger partial charge in [0.2, 0.25) is 0 Å². The lowest BCUT2D eigenvalue weighted by atomic mass is 10.1. The highest BCUT2D eigenvalue weighted by Crippen LogP contribution is 2.24. The van der Waals surface area contributed by atoms with Gasteiger partial charge in [-0.3, -0.25) is 4.79 Å². The normalized spacial score (nSPS) is 11.0. The fourth-order valence-corrected chi connectivity index (χ4v) is 3.37. The van der Waals surface area contributed by atoms with Crippen molar-refractivity contribution < 1.29 is 24.2 Å². The molecular weight excluding hydrogens is 392 g/mol. The minimum atomic E-state index is -0.673. The summed E-state index contributed by atoms with van der Waals surface area (Å²) in [5.41, 5.74) is -0.0196. The minimum Gasteiger partial charge on any atom is -0.507 e. The van der Waals surface area contributed by atoms with Crippen LogP contribution in [0.5, 0.6) is 11.5 Å². The third kappa shape index (κ3) is 12.9. The molecule has 1 rings (SSSR count). The highest BCUT2D eigenvalue weighted by molar-refractivity contribution is 5.93. The zero-order valence-electron chi connectivity index (χ0n) is 19.4. The summed E-state index contributed by atoms with van der Waals surface area (Å²) in [6.07, 6.45) is 20.7. The monoisotopic (exact) mass is 432 g/mol. The topological polar surface area (TPSA) is 72.8 Å². The SMILES string of the molecule is CCCCCCCC/C=C\CCCCCCCC(=O)Oc1ccc(O)c(C(=O)OC)c1. The molecule has 0 spiro atoms. The molecule has 0 bridgehead atoms. The average molecular weight is 433 g/mol. The van der Waals surface area contributed by atoms with Gasteiger partial charge in [-0.1, -0.05) is 70.4 Å². The van der Waals surface area contributed by atoms with E-state index in [-0.39, 0.29) is 23.0 Å². The number of phenolic OH excluding ortho intramolecular Hbond substituents is 1. The van der Waals surface area contributed by atoms with Crippen LogP contribution in [-0.4, -0.2) is 24.2 Å². The molecule has 0 atom stereocenters. The lowest BCUT2D eigenvalue weighted by Gasteiger charge is -2.07. The number of phenols is 1. The molecule has 31 heavy (non-hydrogen) atoms. The molecule has 0 radical (unpaired) electrons. The van der Waals surface area contributed by atoms with Gasteiger partial charge in [-0.25, -0.2) is 4.79 Å². The first-order valence-corrected chi connectivity index (χ1v) is 11.9. The Morgan fingerprint density at radius 3 is 2.06 bits per heavy atom. The molecule has 0 aliphatic carbocycles. The maximum Gasteiger partial charge on any atom is 0.341 e. The standard InChI is InChI=1S/C26H40O5/c1-3-4-5-6-7-8-9-10-11-12-13-14-15-16-17-18-25(28)31-22-19-20-24(27)23(21-22)26(29)30-2/h10-11,19-21,27H,3-9,12-18H2,1-2H3/b11-10-. The molecule has 0 aliphatic rings. The maximum atomic E-state index is 12.0. The number of benzene rings is 1. The second-order valence-electron chi connectivity index (χ2n) is 7.98. The summed E-state index contributed by atoms with van der Waals surface area (Å²) in [5.74, 6) is -0.980. The van der Waals surface area contributed by atoms with Gasteiger partial charge < -0.3 is 14.6 Å². The predicted molar refractivity (Wildman–Crippen MR) is 125 cm³/mol. The fourth-order valence-electron chi connectivity index (χ4n) is 3.37. The third-order valence-corrected chi connectivity index (χ3v) is 5.25. The van der Waals surface area contributed by atoms with Gasteiger partial charge in [0.1, 0.15) is 17.1 Å². The van der Waals surface area contributed by atoms with Gasteiger partial charge in [-0.2, -0.15) is 0 Å². The van der Waals surface area contributed by atoms with Gasteiger partial charge in [-0.15, -0.1) is 0 Å². The van der Waals surface area contributed by atoms with Crippen molar-refractivity contribution in [2.75, 3.05) is 7.11 Å². The molecule has 5 nitrogen and oxygen atoms in total. The Kier molecular flexibility index (Phi) is 15.0. The molecule has 174 valence electrons. The van der Waals surface area contributed by atoms with E-state index in [1.807, 2.05) is 0 Å². The van der Waals surface area contributed by atoms with Crippen LogP contribution in [0.2, 0.25) is 0 Å². The largest absolute Gasteiger partial charge is 0.507 e. The van der Waals surface area contributed by atoms with Crippen LogP contribution < -0.4 is 4.74 Å². The Morgan fingerprint density at radius 1 is 0.871 bits per heavy atom. The molecule has 0 aromatic heterocycles. The quantitative estimate of drug-likeness (QED) is 0.123. The number of esters is 2. The summed E-state index contributed by atoms with van der Waals surface area (Å²) < 4.78 is 9.85. The van der Waals surface area contributed by atoms with Gasteiger partial charge in [0.25, 0.3) is 0 Å². The molecule has 0 saturated carbocycles. The van der Waals surface area contributed by atoms with Crippen molar-refractivity contribution >= 4 is 11.9 Å². The summed E-state index contributed by atoms with van der Waals surface area (Å²) in [6.45, 7) is 2.25. The molecule has 5 heteroatoms. The Labute approximate surface area is 187 Å². The van der Waals surface area contributed by atoms with Crippen molar-refractivity contribution in [1.82, 2.24) is 0 Å². The second-order valence-corrected chi connectivity index (χ2v) is 7.98. The van der Waals surface area contributed by atoms with Gasteiger partial charge in [0.15, 0.2) is 0 Å². The number of aromatic hydroxyl groups is 1. The lowest BCUT2D eigenvalue weighted by Crippen LogP contribution is -2.09. The number of hydrogen-bond donors (Lipinski definition) is 1. The highest BCUT2D eigenvalue weighted by Gasteiger charge is 2.14. The summed E-state index contributed by atoms with van der Waals surface area (Å²) in [6, 6.07) is 4.09. The first kappa shape index (κ1) is 26.7. The zero-order chi connectivity index (χ0) is 22.7. The number of carbonyl (C=O) groups is 2. The number of methoxy groups -OCH3 is 1. The highest BCUT2D eigenvalue weighted by atomic mass is 16.5. The van der Waals surface area contributed by atoms with E-state index in [9.17, 15) is 14.7 Å². The van der Waals surface area contributed by atoms with Crippen LogP contribution in [0.4, 0.5) is 0 Å². The number of carbonyl (C=O) groups excluding carboxylic acids is 2. The van der Waals surface area contributed by atoms with Crippen LogP contribution in [0.15, 0.2) is 30.4 Å². The minimum absolute atomic E-state index is 0.0196. The van der Waals surface area contributed by atoms with E-state index >= 15 is 0 Å². The smallest absolute Gasteiger partial charge is 0.341 e. The Morgan fingerprint density at radius 2 is 1.45 bits per heavy atom. The molecule has 0 amide bonds. The number of hydrogen-bond acceptors (Lipinski definition) is 5. The van der Waals surface area contributed by atoms with Crippen molar-refractivity contribution in [2.45, 2.75) is 96.8 Å². The van der Waals surface area contributed by atoms with E-state index in [1.165, 1.54) is 83.1 Å². The average Bonchev–Trinajstić information content (AvgIpc) is 2.77. The zero-order valence-corrected chi connectivity index (χ0v) is 19.4. The fraction of sp³-hybridized carbons (Fsp3) is 0.615. The van der Waals surface area contributed by atoms with Crippen molar-refractivity contribution in [2.24, 2.45) is 0 Å². The van der Waals surface area contributed by atoms with E-state index in [4.69, 9.17) is 4.74 Å². The Hall–Kier alpha value is -2.30. The Bertz CT molecular complexity index is 666. The second kappa shape index (κ2) is 17.4. The first-order chi connectivity index (χ1) is 15.1. The van der Waals surface area contributed by atoms with E-state index in [2.05, 4.69) is 23.8 Å². The van der Waals surface area contributed by atoms with Crippen LogP contribution in [-0.2, 0) is 9.53 Å². The van der Waals surface area contributed by atoms with Gasteiger partial charge >= 0.3 is 11.9 Å². The molecule has 0 unspecified atom stereocenters. The molecule has 1 aromatic carbocycles. The maximum absolute atomic E-state index is 12.0. The summed E-state index contributed by atoms with van der Waals surface area (Å²) in [4.78, 5) is 23.5. The first-order valence-electron chi connectivity index (χ1n) is 11.9. The number of rotatable bonds is 17. The number of allylic oxidation sites excluding steroid dienone is 2.